The predicted molar refractivity (Wildman–Crippen MR) is 76.5 cm³/mol. The van der Waals surface area contributed by atoms with E-state index in [4.69, 9.17) is 0 Å². The molecule has 0 aromatic heterocycles. The summed E-state index contributed by atoms with van der Waals surface area (Å²) in [6.45, 7) is 5.79. The average molecular weight is 264 g/mol. The Morgan fingerprint density at radius 2 is 2.11 bits per heavy atom. The summed E-state index contributed by atoms with van der Waals surface area (Å²) in [4.78, 5) is 2.46. The Morgan fingerprint density at radius 1 is 1.32 bits per heavy atom. The fourth-order valence-electron chi connectivity index (χ4n) is 4.15. The molecule has 0 aromatic carbocycles. The minimum atomic E-state index is 0.174. The highest BCUT2D eigenvalue weighted by atomic mass is 16.3. The second-order valence-electron chi connectivity index (χ2n) is 6.52. The Labute approximate surface area is 117 Å². The molecule has 2 fully saturated rings. The second kappa shape index (κ2) is 6.72. The number of nitriles is 1. The zero-order valence-electron chi connectivity index (χ0n) is 12.4. The molecule has 0 amide bonds. The Balaban J connectivity index is 2.07. The van der Waals surface area contributed by atoms with Gasteiger partial charge in [-0.15, -0.1) is 0 Å². The quantitative estimate of drug-likeness (QED) is 0.849. The third kappa shape index (κ3) is 3.12. The van der Waals surface area contributed by atoms with Gasteiger partial charge < -0.3 is 5.11 Å². The topological polar surface area (TPSA) is 47.3 Å². The first kappa shape index (κ1) is 14.8. The molecule has 2 rings (SSSR count). The Kier molecular flexibility index (Phi) is 5.24. The molecule has 5 atom stereocenters. The van der Waals surface area contributed by atoms with Gasteiger partial charge in [-0.25, -0.2) is 0 Å². The zero-order valence-corrected chi connectivity index (χ0v) is 12.4. The lowest BCUT2D eigenvalue weighted by atomic mass is 9.76. The first-order valence-corrected chi connectivity index (χ1v) is 7.97. The van der Waals surface area contributed by atoms with Crippen molar-refractivity contribution >= 4 is 0 Å². The lowest BCUT2D eigenvalue weighted by molar-refractivity contribution is 0.0515. The predicted octanol–water partition coefficient (Wildman–Crippen LogP) is 2.80. The highest BCUT2D eigenvalue weighted by molar-refractivity contribution is 5.01. The van der Waals surface area contributed by atoms with Gasteiger partial charge in [-0.1, -0.05) is 26.7 Å². The third-order valence-corrected chi connectivity index (χ3v) is 5.33. The molecule has 2 aliphatic rings. The van der Waals surface area contributed by atoms with Crippen molar-refractivity contribution in [3.8, 4) is 6.07 Å². The largest absolute Gasteiger partial charge is 0.395 e. The SMILES string of the molecule is CCCC1CCC(C#N)C(N2CCC(C)C2CO)C1. The minimum Gasteiger partial charge on any atom is -0.395 e. The van der Waals surface area contributed by atoms with Crippen molar-refractivity contribution < 1.29 is 5.11 Å². The van der Waals surface area contributed by atoms with Gasteiger partial charge in [0.15, 0.2) is 0 Å². The van der Waals surface area contributed by atoms with Crippen molar-refractivity contribution in [1.82, 2.24) is 4.90 Å². The van der Waals surface area contributed by atoms with Crippen molar-refractivity contribution in [1.29, 1.82) is 5.26 Å². The van der Waals surface area contributed by atoms with Crippen LogP contribution in [0.1, 0.15) is 52.4 Å². The maximum absolute atomic E-state index is 9.64. The lowest BCUT2D eigenvalue weighted by Crippen LogP contribution is -2.48. The Morgan fingerprint density at radius 3 is 2.74 bits per heavy atom. The van der Waals surface area contributed by atoms with Crippen molar-refractivity contribution in [3.05, 3.63) is 0 Å². The van der Waals surface area contributed by atoms with E-state index in [0.29, 0.717) is 12.0 Å². The van der Waals surface area contributed by atoms with Crippen LogP contribution in [0.2, 0.25) is 0 Å². The van der Waals surface area contributed by atoms with Gasteiger partial charge in [0.2, 0.25) is 0 Å². The van der Waals surface area contributed by atoms with Gasteiger partial charge in [-0.3, -0.25) is 4.90 Å². The molecular formula is C16H28N2O. The van der Waals surface area contributed by atoms with E-state index in [9.17, 15) is 10.4 Å². The fourth-order valence-corrected chi connectivity index (χ4v) is 4.15. The monoisotopic (exact) mass is 264 g/mol. The average Bonchev–Trinajstić information content (AvgIpc) is 2.80. The van der Waals surface area contributed by atoms with E-state index in [2.05, 4.69) is 24.8 Å². The van der Waals surface area contributed by atoms with Crippen LogP contribution in [0.5, 0.6) is 0 Å². The van der Waals surface area contributed by atoms with E-state index >= 15 is 0 Å². The molecule has 108 valence electrons. The molecule has 1 heterocycles. The van der Waals surface area contributed by atoms with Gasteiger partial charge in [0, 0.05) is 12.1 Å². The molecule has 3 heteroatoms. The molecule has 0 spiro atoms. The number of aliphatic hydroxyl groups is 1. The third-order valence-electron chi connectivity index (χ3n) is 5.33. The highest BCUT2D eigenvalue weighted by Crippen LogP contribution is 2.38. The normalized spacial score (nSPS) is 40.2. The fraction of sp³-hybridized carbons (Fsp3) is 0.938. The Bertz CT molecular complexity index is 325. The van der Waals surface area contributed by atoms with Gasteiger partial charge in [-0.05, 0) is 44.1 Å². The highest BCUT2D eigenvalue weighted by Gasteiger charge is 2.41. The molecule has 1 N–H and O–H groups in total. The number of likely N-dealkylation sites (tertiary alicyclic amines) is 1. The van der Waals surface area contributed by atoms with E-state index in [1.807, 2.05) is 0 Å². The first-order valence-electron chi connectivity index (χ1n) is 7.97. The van der Waals surface area contributed by atoms with E-state index in [-0.39, 0.29) is 18.6 Å². The van der Waals surface area contributed by atoms with Crippen molar-refractivity contribution in [3.63, 3.8) is 0 Å². The van der Waals surface area contributed by atoms with Crippen LogP contribution in [0.25, 0.3) is 0 Å². The molecule has 1 aliphatic heterocycles. The van der Waals surface area contributed by atoms with Crippen molar-refractivity contribution in [2.75, 3.05) is 13.2 Å². The maximum Gasteiger partial charge on any atom is 0.0672 e. The van der Waals surface area contributed by atoms with E-state index < -0.39 is 0 Å². The summed E-state index contributed by atoms with van der Waals surface area (Å²) in [5.74, 6) is 1.53. The van der Waals surface area contributed by atoms with Crippen LogP contribution in [-0.4, -0.2) is 35.2 Å². The molecular weight excluding hydrogens is 236 g/mol. The number of aliphatic hydroxyl groups excluding tert-OH is 1. The zero-order chi connectivity index (χ0) is 13.8. The van der Waals surface area contributed by atoms with Gasteiger partial charge in [0.25, 0.3) is 0 Å². The van der Waals surface area contributed by atoms with Gasteiger partial charge in [-0.2, -0.15) is 5.26 Å². The molecule has 1 aliphatic carbocycles. The minimum absolute atomic E-state index is 0.174. The van der Waals surface area contributed by atoms with Crippen LogP contribution in [0.15, 0.2) is 0 Å². The summed E-state index contributed by atoms with van der Waals surface area (Å²) in [6, 6.07) is 3.20. The molecule has 19 heavy (non-hydrogen) atoms. The lowest BCUT2D eigenvalue weighted by Gasteiger charge is -2.41. The summed E-state index contributed by atoms with van der Waals surface area (Å²) in [5, 5.41) is 19.1. The molecule has 0 radical (unpaired) electrons. The van der Waals surface area contributed by atoms with E-state index in [1.54, 1.807) is 0 Å². The number of nitrogens with zero attached hydrogens (tertiary/aromatic N) is 2. The Hall–Kier alpha value is -0.590. The van der Waals surface area contributed by atoms with Crippen molar-refractivity contribution in [2.24, 2.45) is 17.8 Å². The van der Waals surface area contributed by atoms with Gasteiger partial charge in [0.1, 0.15) is 0 Å². The maximum atomic E-state index is 9.64. The number of hydrogen-bond acceptors (Lipinski definition) is 3. The van der Waals surface area contributed by atoms with Crippen LogP contribution in [0.4, 0.5) is 0 Å². The molecule has 5 unspecified atom stereocenters. The summed E-state index contributed by atoms with van der Waals surface area (Å²) in [5.41, 5.74) is 0. The standard InChI is InChI=1S/C16H28N2O/c1-3-4-13-5-6-14(10-17)15(9-13)18-8-7-12(2)16(18)11-19/h12-16,19H,3-9,11H2,1-2H3. The number of rotatable bonds is 4. The van der Waals surface area contributed by atoms with E-state index in [1.165, 1.54) is 19.3 Å². The van der Waals surface area contributed by atoms with Crippen LogP contribution in [-0.2, 0) is 0 Å². The second-order valence-corrected chi connectivity index (χ2v) is 6.52. The van der Waals surface area contributed by atoms with Crippen molar-refractivity contribution in [2.45, 2.75) is 64.5 Å². The summed E-state index contributed by atoms with van der Waals surface area (Å²) >= 11 is 0. The molecule has 0 bridgehead atoms. The van der Waals surface area contributed by atoms with Crippen LogP contribution < -0.4 is 0 Å². The van der Waals surface area contributed by atoms with Gasteiger partial charge in [0.05, 0.1) is 18.6 Å². The molecule has 0 aromatic rings. The van der Waals surface area contributed by atoms with Crippen LogP contribution in [0.3, 0.4) is 0 Å². The van der Waals surface area contributed by atoms with E-state index in [0.717, 1.165) is 31.7 Å². The number of hydrogen-bond donors (Lipinski definition) is 1. The van der Waals surface area contributed by atoms with Gasteiger partial charge >= 0.3 is 0 Å². The summed E-state index contributed by atoms with van der Waals surface area (Å²) in [7, 11) is 0. The molecule has 3 nitrogen and oxygen atoms in total. The van der Waals surface area contributed by atoms with Crippen LogP contribution >= 0.6 is 0 Å². The van der Waals surface area contributed by atoms with Crippen LogP contribution in [0, 0.1) is 29.1 Å². The summed E-state index contributed by atoms with van der Waals surface area (Å²) < 4.78 is 0. The first-order chi connectivity index (χ1) is 9.21. The molecule has 1 saturated carbocycles. The summed E-state index contributed by atoms with van der Waals surface area (Å²) in [6.07, 6.45) is 7.13. The smallest absolute Gasteiger partial charge is 0.0672 e. The molecule has 1 saturated heterocycles.